The minimum absolute atomic E-state index is 0.136. The predicted octanol–water partition coefficient (Wildman–Crippen LogP) is 2.66. The first-order chi connectivity index (χ1) is 8.82. The number of nitrogens with zero attached hydrogens (tertiary/aromatic N) is 3. The minimum atomic E-state index is -3.52. The molecule has 4 nitrogen and oxygen atoms in total. The third kappa shape index (κ3) is 1.53. The van der Waals surface area contributed by atoms with Crippen LogP contribution in [0.2, 0.25) is 5.15 Å². The third-order valence-corrected chi connectivity index (χ3v) is 3.44. The maximum absolute atomic E-state index is 13.8. The molecule has 0 aliphatic carbocycles. The van der Waals surface area contributed by atoms with Crippen LogP contribution in [0.1, 0.15) is 11.4 Å². The van der Waals surface area contributed by atoms with Crippen molar-refractivity contribution in [3.63, 3.8) is 0 Å². The summed E-state index contributed by atoms with van der Waals surface area (Å²) in [7, 11) is 1.30. The van der Waals surface area contributed by atoms with E-state index in [0.29, 0.717) is 16.7 Å². The molecule has 19 heavy (non-hydrogen) atoms. The lowest BCUT2D eigenvalue weighted by Crippen LogP contribution is -2.31. The number of amides is 1. The quantitative estimate of drug-likeness (QED) is 0.698. The fourth-order valence-electron chi connectivity index (χ4n) is 2.20. The normalized spacial score (nSPS) is 17.1. The third-order valence-electron chi connectivity index (χ3n) is 3.15. The van der Waals surface area contributed by atoms with Gasteiger partial charge in [0.1, 0.15) is 11.0 Å². The lowest BCUT2D eigenvalue weighted by molar-refractivity contribution is -0.141. The molecule has 1 aromatic carbocycles. The number of likely N-dealkylation sites (N-methyl/N-ethyl adjacent to an activating group) is 1. The molecule has 1 aliphatic heterocycles. The van der Waals surface area contributed by atoms with E-state index in [1.807, 2.05) is 0 Å². The standard InChI is InChI=1S/C12H8ClF2N3O/c1-5-16-8-4-7-9(3-6(8)10(13)17-5)18(2)11(19)12(7,14)15/h3-4H,1-2H3. The first kappa shape index (κ1) is 12.2. The largest absolute Gasteiger partial charge is 0.352 e. The Morgan fingerprint density at radius 2 is 2.00 bits per heavy atom. The van der Waals surface area contributed by atoms with Crippen molar-refractivity contribution in [1.29, 1.82) is 0 Å². The van der Waals surface area contributed by atoms with Crippen molar-refractivity contribution < 1.29 is 13.6 Å². The molecule has 0 spiro atoms. The number of carbonyl (C=O) groups is 1. The average molecular weight is 284 g/mol. The summed E-state index contributed by atoms with van der Waals surface area (Å²) in [5.41, 5.74) is 0.0949. The van der Waals surface area contributed by atoms with Crippen LogP contribution in [0.25, 0.3) is 10.9 Å². The number of hydrogen-bond acceptors (Lipinski definition) is 3. The molecule has 0 saturated heterocycles. The summed E-state index contributed by atoms with van der Waals surface area (Å²) in [6, 6.07) is 2.62. The van der Waals surface area contributed by atoms with Crippen molar-refractivity contribution in [2.75, 3.05) is 11.9 Å². The second-order valence-electron chi connectivity index (χ2n) is 4.39. The molecule has 7 heteroatoms. The van der Waals surface area contributed by atoms with E-state index in [2.05, 4.69) is 9.97 Å². The maximum Gasteiger partial charge on any atom is 0.352 e. The molecular weight excluding hydrogens is 276 g/mol. The Labute approximate surface area is 112 Å². The zero-order chi connectivity index (χ0) is 13.9. The maximum atomic E-state index is 13.8. The highest BCUT2D eigenvalue weighted by molar-refractivity contribution is 6.34. The van der Waals surface area contributed by atoms with E-state index in [4.69, 9.17) is 11.6 Å². The second-order valence-corrected chi connectivity index (χ2v) is 4.74. The molecule has 98 valence electrons. The van der Waals surface area contributed by atoms with Gasteiger partial charge in [-0.05, 0) is 19.1 Å². The van der Waals surface area contributed by atoms with Gasteiger partial charge in [-0.25, -0.2) is 9.97 Å². The lowest BCUT2D eigenvalue weighted by atomic mass is 10.1. The first-order valence-electron chi connectivity index (χ1n) is 5.46. The number of alkyl halides is 2. The highest BCUT2D eigenvalue weighted by Gasteiger charge is 2.51. The summed E-state index contributed by atoms with van der Waals surface area (Å²) in [5, 5.41) is 0.629. The van der Waals surface area contributed by atoms with Crippen molar-refractivity contribution in [2.24, 2.45) is 0 Å². The van der Waals surface area contributed by atoms with Crippen LogP contribution in [0.5, 0.6) is 0 Å². The SMILES string of the molecule is Cc1nc(Cl)c2cc3c(cc2n1)C(F)(F)C(=O)N3C. The van der Waals surface area contributed by atoms with Gasteiger partial charge < -0.3 is 4.90 Å². The Morgan fingerprint density at radius 3 is 2.68 bits per heavy atom. The van der Waals surface area contributed by atoms with E-state index in [9.17, 15) is 13.6 Å². The Balaban J connectivity index is 2.40. The van der Waals surface area contributed by atoms with Crippen LogP contribution >= 0.6 is 11.6 Å². The highest BCUT2D eigenvalue weighted by Crippen LogP contribution is 2.45. The first-order valence-corrected chi connectivity index (χ1v) is 5.84. The Morgan fingerprint density at radius 1 is 1.32 bits per heavy atom. The molecule has 0 saturated carbocycles. The van der Waals surface area contributed by atoms with Gasteiger partial charge in [-0.2, -0.15) is 8.78 Å². The van der Waals surface area contributed by atoms with Gasteiger partial charge in [-0.1, -0.05) is 11.6 Å². The van der Waals surface area contributed by atoms with Crippen molar-refractivity contribution in [1.82, 2.24) is 9.97 Å². The van der Waals surface area contributed by atoms with E-state index in [1.54, 1.807) is 6.92 Å². The van der Waals surface area contributed by atoms with E-state index < -0.39 is 11.8 Å². The van der Waals surface area contributed by atoms with Gasteiger partial charge in [0, 0.05) is 12.4 Å². The zero-order valence-electron chi connectivity index (χ0n) is 10.0. The summed E-state index contributed by atoms with van der Waals surface area (Å²) < 4.78 is 27.7. The summed E-state index contributed by atoms with van der Waals surface area (Å²) >= 11 is 5.98. The Hall–Kier alpha value is -1.82. The fourth-order valence-corrected chi connectivity index (χ4v) is 2.47. The van der Waals surface area contributed by atoms with Crippen LogP contribution in [0.4, 0.5) is 14.5 Å². The van der Waals surface area contributed by atoms with Crippen LogP contribution in [-0.4, -0.2) is 22.9 Å². The van der Waals surface area contributed by atoms with Gasteiger partial charge in [0.25, 0.3) is 0 Å². The van der Waals surface area contributed by atoms with Crippen LogP contribution in [0.3, 0.4) is 0 Å². The van der Waals surface area contributed by atoms with E-state index >= 15 is 0 Å². The van der Waals surface area contributed by atoms with Gasteiger partial charge >= 0.3 is 11.8 Å². The second kappa shape index (κ2) is 3.60. The molecule has 0 atom stereocenters. The average Bonchev–Trinajstić information content (AvgIpc) is 2.50. The topological polar surface area (TPSA) is 46.1 Å². The van der Waals surface area contributed by atoms with Gasteiger partial charge in [0.2, 0.25) is 0 Å². The molecule has 1 aliphatic rings. The van der Waals surface area contributed by atoms with Crippen LogP contribution in [0.15, 0.2) is 12.1 Å². The van der Waals surface area contributed by atoms with Gasteiger partial charge in [0.05, 0.1) is 16.8 Å². The molecule has 1 aromatic heterocycles. The summed E-state index contributed by atoms with van der Waals surface area (Å²) in [5.74, 6) is -4.39. The molecule has 0 bridgehead atoms. The summed E-state index contributed by atoms with van der Waals surface area (Å²) in [6.07, 6.45) is 0. The number of halogens is 3. The number of aryl methyl sites for hydroxylation is 1. The van der Waals surface area contributed by atoms with Crippen molar-refractivity contribution in [3.8, 4) is 0 Å². The predicted molar refractivity (Wildman–Crippen MR) is 66.6 cm³/mol. The number of benzene rings is 1. The van der Waals surface area contributed by atoms with Gasteiger partial charge in [-0.3, -0.25) is 4.79 Å². The van der Waals surface area contributed by atoms with Crippen molar-refractivity contribution in [2.45, 2.75) is 12.8 Å². The fraction of sp³-hybridized carbons (Fsp3) is 0.250. The van der Waals surface area contributed by atoms with Gasteiger partial charge in [-0.15, -0.1) is 0 Å². The number of carbonyl (C=O) groups excluding carboxylic acids is 1. The minimum Gasteiger partial charge on any atom is -0.309 e. The van der Waals surface area contributed by atoms with Crippen molar-refractivity contribution in [3.05, 3.63) is 28.7 Å². The van der Waals surface area contributed by atoms with E-state index in [0.717, 1.165) is 4.90 Å². The number of anilines is 1. The zero-order valence-corrected chi connectivity index (χ0v) is 10.8. The molecule has 3 rings (SSSR count). The molecule has 0 fully saturated rings. The number of aromatic nitrogens is 2. The number of hydrogen-bond donors (Lipinski definition) is 0. The molecule has 1 amide bonds. The molecule has 2 aromatic rings. The smallest absolute Gasteiger partial charge is 0.309 e. The van der Waals surface area contributed by atoms with Gasteiger partial charge in [0.15, 0.2) is 0 Å². The van der Waals surface area contributed by atoms with Crippen LogP contribution < -0.4 is 4.90 Å². The summed E-state index contributed by atoms with van der Waals surface area (Å²) in [6.45, 7) is 1.62. The van der Waals surface area contributed by atoms with Crippen molar-refractivity contribution >= 4 is 34.1 Å². The van der Waals surface area contributed by atoms with Crippen LogP contribution in [-0.2, 0) is 10.7 Å². The number of rotatable bonds is 0. The monoisotopic (exact) mass is 283 g/mol. The van der Waals surface area contributed by atoms with Crippen LogP contribution in [0, 0.1) is 6.92 Å². The molecule has 0 radical (unpaired) electrons. The summed E-state index contributed by atoms with van der Waals surface area (Å²) in [4.78, 5) is 20.5. The number of fused-ring (bicyclic) bond motifs is 2. The van der Waals surface area contributed by atoms with E-state index in [1.165, 1.54) is 19.2 Å². The van der Waals surface area contributed by atoms with E-state index in [-0.39, 0.29) is 16.4 Å². The molecule has 0 N–H and O–H groups in total. The highest BCUT2D eigenvalue weighted by atomic mass is 35.5. The Bertz CT molecular complexity index is 732. The lowest BCUT2D eigenvalue weighted by Gasteiger charge is -2.10. The molecule has 2 heterocycles. The molecule has 0 unspecified atom stereocenters. The Kier molecular flexibility index (Phi) is 2.32. The molecular formula is C12H8ClF2N3O.